The Morgan fingerprint density at radius 1 is 1.03 bits per heavy atom. The van der Waals surface area contributed by atoms with Crippen LogP contribution in [0.3, 0.4) is 0 Å². The average Bonchev–Trinajstić information content (AvgIpc) is 2.74. The standard InChI is InChI=1S/C20H28BrN3O6S/c1-29-19(27)16-6-4-15(5-7-16)13-30-20(28)24-10-8-23(9-11-24)18(26)12-22-17(25)14-31(2,3)21/h4-7H,8-14H2,1-3H3,(H,22,25). The van der Waals surface area contributed by atoms with Gasteiger partial charge in [0.15, 0.2) is 0 Å². The monoisotopic (exact) mass is 517 g/mol. The van der Waals surface area contributed by atoms with Crippen LogP contribution in [0.5, 0.6) is 0 Å². The fourth-order valence-electron chi connectivity index (χ4n) is 2.88. The molecule has 2 rings (SSSR count). The lowest BCUT2D eigenvalue weighted by molar-refractivity contribution is -0.133. The van der Waals surface area contributed by atoms with E-state index in [-0.39, 0.29) is 25.0 Å². The molecule has 1 saturated heterocycles. The second-order valence-corrected chi connectivity index (χ2v) is 15.8. The quantitative estimate of drug-likeness (QED) is 0.552. The number of carbonyl (C=O) groups excluding carboxylic acids is 4. The molecule has 1 aromatic rings. The Bertz CT molecular complexity index is 804. The summed E-state index contributed by atoms with van der Waals surface area (Å²) >= 11 is 3.48. The van der Waals surface area contributed by atoms with Gasteiger partial charge in [-0.25, -0.2) is 9.59 Å². The number of amides is 3. The smallest absolute Gasteiger partial charge is 0.410 e. The zero-order valence-corrected chi connectivity index (χ0v) is 20.3. The largest absolute Gasteiger partial charge is 0.465 e. The molecule has 1 aromatic carbocycles. The van der Waals surface area contributed by atoms with Crippen LogP contribution in [0.1, 0.15) is 15.9 Å². The first-order valence-electron chi connectivity index (χ1n) is 9.63. The molecule has 3 amide bonds. The normalized spacial score (nSPS) is 14.6. The molecule has 0 aliphatic carbocycles. The number of nitrogens with zero attached hydrogens (tertiary/aromatic N) is 2. The van der Waals surface area contributed by atoms with Crippen molar-refractivity contribution in [1.29, 1.82) is 0 Å². The molecule has 1 heterocycles. The van der Waals surface area contributed by atoms with Crippen molar-refractivity contribution in [3.05, 3.63) is 35.4 Å². The number of methoxy groups -OCH3 is 1. The highest BCUT2D eigenvalue weighted by Gasteiger charge is 2.25. The lowest BCUT2D eigenvalue weighted by atomic mass is 10.1. The first-order chi connectivity index (χ1) is 14.6. The molecule has 0 spiro atoms. The van der Waals surface area contributed by atoms with Gasteiger partial charge >= 0.3 is 12.1 Å². The van der Waals surface area contributed by atoms with Crippen LogP contribution in [0.15, 0.2) is 24.3 Å². The third-order valence-corrected chi connectivity index (χ3v) is 6.17. The van der Waals surface area contributed by atoms with Crippen molar-refractivity contribution in [2.45, 2.75) is 6.61 Å². The third-order valence-electron chi connectivity index (χ3n) is 4.54. The highest BCUT2D eigenvalue weighted by molar-refractivity contribution is 9.58. The second kappa shape index (κ2) is 11.4. The Kier molecular flexibility index (Phi) is 9.17. The summed E-state index contributed by atoms with van der Waals surface area (Å²) < 4.78 is 9.97. The van der Waals surface area contributed by atoms with E-state index in [9.17, 15) is 19.2 Å². The molecule has 1 aliphatic heterocycles. The van der Waals surface area contributed by atoms with E-state index in [2.05, 4.69) is 24.9 Å². The Morgan fingerprint density at radius 2 is 1.61 bits per heavy atom. The van der Waals surface area contributed by atoms with Crippen molar-refractivity contribution in [1.82, 2.24) is 15.1 Å². The van der Waals surface area contributed by atoms with Crippen molar-refractivity contribution < 1.29 is 28.7 Å². The van der Waals surface area contributed by atoms with Gasteiger partial charge < -0.3 is 24.6 Å². The molecule has 0 radical (unpaired) electrons. The van der Waals surface area contributed by atoms with Gasteiger partial charge in [-0.1, -0.05) is 12.1 Å². The number of halogens is 1. The first-order valence-corrected chi connectivity index (χ1v) is 14.1. The van der Waals surface area contributed by atoms with Gasteiger partial charge in [0.05, 0.1) is 25.0 Å². The highest BCUT2D eigenvalue weighted by Crippen LogP contribution is 2.47. The number of ether oxygens (including phenoxy) is 2. The zero-order chi connectivity index (χ0) is 23.0. The maximum atomic E-state index is 12.3. The molecular weight excluding hydrogens is 490 g/mol. The fraction of sp³-hybridized carbons (Fsp3) is 0.500. The van der Waals surface area contributed by atoms with Gasteiger partial charge in [-0.3, -0.25) is 9.59 Å². The molecule has 11 heteroatoms. The predicted molar refractivity (Wildman–Crippen MR) is 122 cm³/mol. The Hall–Kier alpha value is -2.27. The van der Waals surface area contributed by atoms with Crippen molar-refractivity contribution in [3.8, 4) is 0 Å². The second-order valence-electron chi connectivity index (χ2n) is 7.44. The molecular formula is C20H28BrN3O6S. The van der Waals surface area contributed by atoms with Crippen LogP contribution in [0.4, 0.5) is 4.79 Å². The van der Waals surface area contributed by atoms with Gasteiger partial charge in [-0.2, -0.15) is 8.46 Å². The van der Waals surface area contributed by atoms with Gasteiger partial charge in [0.1, 0.15) is 6.61 Å². The molecule has 0 saturated carbocycles. The third kappa shape index (κ3) is 8.41. The number of esters is 1. The minimum Gasteiger partial charge on any atom is -0.465 e. The minimum atomic E-state index is -1.15. The minimum absolute atomic E-state index is 0.0482. The zero-order valence-electron chi connectivity index (χ0n) is 17.9. The number of nitrogens with one attached hydrogen (secondary N) is 1. The van der Waals surface area contributed by atoms with Crippen LogP contribution in [0.25, 0.3) is 0 Å². The predicted octanol–water partition coefficient (Wildman–Crippen LogP) is 1.74. The number of piperazine rings is 1. The molecule has 0 atom stereocenters. The van der Waals surface area contributed by atoms with E-state index >= 15 is 0 Å². The maximum Gasteiger partial charge on any atom is 0.410 e. The molecule has 0 unspecified atom stereocenters. The van der Waals surface area contributed by atoms with E-state index in [1.54, 1.807) is 34.1 Å². The molecule has 1 fully saturated rings. The molecule has 172 valence electrons. The summed E-state index contributed by atoms with van der Waals surface area (Å²) in [6.45, 7) is 1.52. The van der Waals surface area contributed by atoms with Crippen LogP contribution >= 0.6 is 23.3 Å². The first kappa shape index (κ1) is 25.0. The molecule has 1 aliphatic rings. The van der Waals surface area contributed by atoms with Crippen LogP contribution in [-0.4, -0.2) is 91.8 Å². The van der Waals surface area contributed by atoms with E-state index in [0.717, 1.165) is 5.56 Å². The topological polar surface area (TPSA) is 105 Å². The van der Waals surface area contributed by atoms with Crippen molar-refractivity contribution >= 4 is 47.2 Å². The van der Waals surface area contributed by atoms with Crippen LogP contribution in [0.2, 0.25) is 0 Å². The average molecular weight is 518 g/mol. The van der Waals surface area contributed by atoms with E-state index in [1.165, 1.54) is 7.11 Å². The van der Waals surface area contributed by atoms with E-state index in [0.29, 0.717) is 37.5 Å². The van der Waals surface area contributed by atoms with E-state index < -0.39 is 20.5 Å². The van der Waals surface area contributed by atoms with Gasteiger partial charge in [-0.05, 0) is 45.0 Å². The number of carbonyl (C=O) groups is 4. The van der Waals surface area contributed by atoms with Crippen LogP contribution in [-0.2, 0) is 25.7 Å². The Balaban J connectivity index is 1.71. The van der Waals surface area contributed by atoms with Gasteiger partial charge in [0.25, 0.3) is 0 Å². The lowest BCUT2D eigenvalue weighted by Crippen LogP contribution is -2.52. The summed E-state index contributed by atoms with van der Waals surface area (Å²) in [4.78, 5) is 51.0. The summed E-state index contributed by atoms with van der Waals surface area (Å²) in [5.41, 5.74) is 1.17. The van der Waals surface area contributed by atoms with Crippen molar-refractivity contribution in [2.24, 2.45) is 0 Å². The molecule has 0 aromatic heterocycles. The molecule has 0 bridgehead atoms. The number of benzene rings is 1. The van der Waals surface area contributed by atoms with E-state index in [4.69, 9.17) is 4.74 Å². The van der Waals surface area contributed by atoms with Crippen LogP contribution in [0, 0.1) is 0 Å². The molecule has 1 N–H and O–H groups in total. The Labute approximate surface area is 190 Å². The van der Waals surface area contributed by atoms with Crippen molar-refractivity contribution in [2.75, 3.05) is 58.1 Å². The number of hydrogen-bond acceptors (Lipinski definition) is 6. The summed E-state index contributed by atoms with van der Waals surface area (Å²) in [5, 5.41) is 2.65. The maximum absolute atomic E-state index is 12.3. The molecule has 9 nitrogen and oxygen atoms in total. The lowest BCUT2D eigenvalue weighted by Gasteiger charge is -2.34. The fourth-order valence-corrected chi connectivity index (χ4v) is 4.23. The van der Waals surface area contributed by atoms with Gasteiger partial charge in [-0.15, -0.1) is 0 Å². The van der Waals surface area contributed by atoms with Crippen molar-refractivity contribution in [3.63, 3.8) is 0 Å². The van der Waals surface area contributed by atoms with Crippen LogP contribution < -0.4 is 5.32 Å². The van der Waals surface area contributed by atoms with Gasteiger partial charge in [0.2, 0.25) is 11.8 Å². The SMILES string of the molecule is COC(=O)c1ccc(COC(=O)N2CCN(C(=O)CNC(=O)CS(C)(C)Br)CC2)cc1. The summed E-state index contributed by atoms with van der Waals surface area (Å²) in [5.74, 6) is -0.407. The number of hydrogen-bond donors (Lipinski definition) is 1. The summed E-state index contributed by atoms with van der Waals surface area (Å²) in [6, 6.07) is 6.61. The summed E-state index contributed by atoms with van der Waals surface area (Å²) in [6.07, 6.45) is 3.47. The number of rotatable bonds is 7. The highest BCUT2D eigenvalue weighted by atomic mass is 79.9. The van der Waals surface area contributed by atoms with Gasteiger partial charge in [0, 0.05) is 26.2 Å². The van der Waals surface area contributed by atoms with E-state index in [1.807, 2.05) is 12.5 Å². The Morgan fingerprint density at radius 3 is 2.16 bits per heavy atom. The summed E-state index contributed by atoms with van der Waals surface area (Å²) in [7, 11) is 0.164. The molecule has 31 heavy (non-hydrogen) atoms.